The number of hydrogen-bond donors (Lipinski definition) is 0. The largest absolute Gasteiger partial charge is 0.0840 e. The van der Waals surface area contributed by atoms with Crippen LogP contribution in [0.15, 0.2) is 23.8 Å². The first-order valence-electron chi connectivity index (χ1n) is 5.79. The van der Waals surface area contributed by atoms with Crippen LogP contribution in [0.25, 0.3) is 0 Å². The Morgan fingerprint density at radius 3 is 2.21 bits per heavy atom. The maximum atomic E-state index is 2.41. The molecule has 0 nitrogen and oxygen atoms in total. The topological polar surface area (TPSA) is 0 Å². The Morgan fingerprint density at radius 1 is 1.14 bits per heavy atom. The van der Waals surface area contributed by atoms with Crippen molar-refractivity contribution in [2.24, 2.45) is 17.3 Å². The molecule has 0 bridgehead atoms. The predicted octanol–water partition coefficient (Wildman–Crippen LogP) is 4.58. The molecule has 2 atom stereocenters. The molecule has 0 aromatic carbocycles. The molecule has 0 heterocycles. The van der Waals surface area contributed by atoms with Gasteiger partial charge in [-0.3, -0.25) is 0 Å². The lowest BCUT2D eigenvalue weighted by molar-refractivity contribution is 0.210. The number of rotatable bonds is 2. The van der Waals surface area contributed by atoms with Gasteiger partial charge in [0.2, 0.25) is 0 Å². The number of allylic oxidation sites excluding steroid dienone is 4. The van der Waals surface area contributed by atoms with Crippen LogP contribution in [-0.4, -0.2) is 0 Å². The van der Waals surface area contributed by atoms with E-state index in [1.807, 2.05) is 0 Å². The maximum Gasteiger partial charge on any atom is -0.0163 e. The Balaban J connectivity index is 2.69. The highest BCUT2D eigenvalue weighted by Gasteiger charge is 2.26. The van der Waals surface area contributed by atoms with Crippen molar-refractivity contribution in [3.05, 3.63) is 23.8 Å². The molecule has 14 heavy (non-hydrogen) atoms. The Bertz CT molecular complexity index is 237. The maximum absolute atomic E-state index is 2.41. The Morgan fingerprint density at radius 2 is 1.79 bits per heavy atom. The van der Waals surface area contributed by atoms with Gasteiger partial charge in [-0.05, 0) is 35.7 Å². The minimum Gasteiger partial charge on any atom is -0.0840 e. The van der Waals surface area contributed by atoms with E-state index in [1.165, 1.54) is 12.8 Å². The zero-order chi connectivity index (χ0) is 10.8. The van der Waals surface area contributed by atoms with Crippen molar-refractivity contribution < 1.29 is 0 Å². The summed E-state index contributed by atoms with van der Waals surface area (Å²) in [4.78, 5) is 0. The van der Waals surface area contributed by atoms with Crippen LogP contribution in [-0.2, 0) is 0 Å². The Kier molecular flexibility index (Phi) is 3.58. The van der Waals surface area contributed by atoms with Crippen molar-refractivity contribution in [3.63, 3.8) is 0 Å². The van der Waals surface area contributed by atoms with Crippen molar-refractivity contribution >= 4 is 0 Å². The summed E-state index contributed by atoms with van der Waals surface area (Å²) < 4.78 is 0. The van der Waals surface area contributed by atoms with Gasteiger partial charge in [-0.15, -0.1) is 0 Å². The van der Waals surface area contributed by atoms with Crippen molar-refractivity contribution in [2.75, 3.05) is 0 Å². The number of hydrogen-bond acceptors (Lipinski definition) is 0. The Labute approximate surface area is 89.1 Å². The predicted molar refractivity (Wildman–Crippen MR) is 64.2 cm³/mol. The van der Waals surface area contributed by atoms with Gasteiger partial charge in [-0.2, -0.15) is 0 Å². The monoisotopic (exact) mass is 192 g/mol. The van der Waals surface area contributed by atoms with Crippen LogP contribution in [0.3, 0.4) is 0 Å². The third kappa shape index (κ3) is 2.73. The van der Waals surface area contributed by atoms with Gasteiger partial charge in [0, 0.05) is 0 Å². The summed E-state index contributed by atoms with van der Waals surface area (Å²) in [6.45, 7) is 11.7. The van der Waals surface area contributed by atoms with E-state index in [9.17, 15) is 0 Å². The molecule has 0 amide bonds. The van der Waals surface area contributed by atoms with Gasteiger partial charge in [0.05, 0.1) is 0 Å². The van der Waals surface area contributed by atoms with Crippen LogP contribution >= 0.6 is 0 Å². The lowest BCUT2D eigenvalue weighted by Gasteiger charge is -2.33. The fourth-order valence-electron chi connectivity index (χ4n) is 2.01. The lowest BCUT2D eigenvalue weighted by Crippen LogP contribution is -2.25. The molecule has 2 unspecified atom stereocenters. The van der Waals surface area contributed by atoms with Gasteiger partial charge >= 0.3 is 0 Å². The minimum atomic E-state index is 0.408. The molecule has 0 fully saturated rings. The molecular formula is C14H24. The first-order valence-corrected chi connectivity index (χ1v) is 5.79. The second-order valence-corrected chi connectivity index (χ2v) is 5.63. The molecule has 1 aliphatic carbocycles. The first-order chi connectivity index (χ1) is 6.43. The van der Waals surface area contributed by atoms with Crippen LogP contribution in [0.1, 0.15) is 47.5 Å². The Hall–Kier alpha value is -0.520. The van der Waals surface area contributed by atoms with E-state index in [0.29, 0.717) is 11.3 Å². The van der Waals surface area contributed by atoms with Crippen molar-refractivity contribution in [2.45, 2.75) is 47.5 Å². The summed E-state index contributed by atoms with van der Waals surface area (Å²) in [5.74, 6) is 1.42. The normalized spacial score (nSPS) is 21.6. The molecule has 0 aromatic heterocycles. The second kappa shape index (κ2) is 4.33. The quantitative estimate of drug-likeness (QED) is 0.600. The summed E-state index contributed by atoms with van der Waals surface area (Å²) in [6.07, 6.45) is 9.48. The standard InChI is InChI=1S/C14H24/c1-11(12(2)14(3,4)5)13-9-7-6-8-10-13/h7,9-12H,6,8H2,1-5H3. The molecule has 80 valence electrons. The summed E-state index contributed by atoms with van der Waals surface area (Å²) in [5, 5.41) is 0. The third-order valence-corrected chi connectivity index (χ3v) is 3.67. The molecule has 1 rings (SSSR count). The van der Waals surface area contributed by atoms with Crippen LogP contribution < -0.4 is 0 Å². The van der Waals surface area contributed by atoms with Crippen LogP contribution in [0.5, 0.6) is 0 Å². The highest BCUT2D eigenvalue weighted by atomic mass is 14.3. The van der Waals surface area contributed by atoms with Crippen LogP contribution in [0.2, 0.25) is 0 Å². The van der Waals surface area contributed by atoms with E-state index in [1.54, 1.807) is 5.57 Å². The van der Waals surface area contributed by atoms with Crippen molar-refractivity contribution in [1.29, 1.82) is 0 Å². The molecule has 1 aliphatic rings. The molecule has 0 saturated carbocycles. The van der Waals surface area contributed by atoms with Gasteiger partial charge < -0.3 is 0 Å². The van der Waals surface area contributed by atoms with E-state index in [0.717, 1.165) is 5.92 Å². The summed E-state index contributed by atoms with van der Waals surface area (Å²) in [7, 11) is 0. The SMILES string of the molecule is CC(C1=CCCC=C1)C(C)C(C)(C)C. The summed E-state index contributed by atoms with van der Waals surface area (Å²) >= 11 is 0. The van der Waals surface area contributed by atoms with E-state index in [4.69, 9.17) is 0 Å². The van der Waals surface area contributed by atoms with Gasteiger partial charge in [0.1, 0.15) is 0 Å². The molecule has 0 N–H and O–H groups in total. The molecule has 0 aliphatic heterocycles. The highest BCUT2D eigenvalue weighted by Crippen LogP contribution is 2.36. The van der Waals surface area contributed by atoms with Crippen molar-refractivity contribution in [3.8, 4) is 0 Å². The smallest absolute Gasteiger partial charge is 0.0163 e. The van der Waals surface area contributed by atoms with E-state index < -0.39 is 0 Å². The minimum absolute atomic E-state index is 0.408. The van der Waals surface area contributed by atoms with E-state index in [2.05, 4.69) is 52.8 Å². The van der Waals surface area contributed by atoms with E-state index in [-0.39, 0.29) is 0 Å². The molecular weight excluding hydrogens is 168 g/mol. The third-order valence-electron chi connectivity index (χ3n) is 3.67. The average molecular weight is 192 g/mol. The van der Waals surface area contributed by atoms with Crippen LogP contribution in [0, 0.1) is 17.3 Å². The van der Waals surface area contributed by atoms with Crippen LogP contribution in [0.4, 0.5) is 0 Å². The fourth-order valence-corrected chi connectivity index (χ4v) is 2.01. The summed E-state index contributed by atoms with van der Waals surface area (Å²) in [5.41, 5.74) is 1.95. The van der Waals surface area contributed by atoms with Gasteiger partial charge in [0.15, 0.2) is 0 Å². The fraction of sp³-hybridized carbons (Fsp3) is 0.714. The molecule has 0 spiro atoms. The van der Waals surface area contributed by atoms with Gasteiger partial charge in [-0.25, -0.2) is 0 Å². The second-order valence-electron chi connectivity index (χ2n) is 5.63. The summed E-state index contributed by atoms with van der Waals surface area (Å²) in [6, 6.07) is 0. The van der Waals surface area contributed by atoms with Gasteiger partial charge in [0.25, 0.3) is 0 Å². The molecule has 0 saturated heterocycles. The molecule has 0 heteroatoms. The molecule has 0 radical (unpaired) electrons. The van der Waals surface area contributed by atoms with E-state index >= 15 is 0 Å². The average Bonchev–Trinajstić information content (AvgIpc) is 2.15. The van der Waals surface area contributed by atoms with Crippen molar-refractivity contribution in [1.82, 2.24) is 0 Å². The van der Waals surface area contributed by atoms with Gasteiger partial charge in [-0.1, -0.05) is 52.8 Å². The highest BCUT2D eigenvalue weighted by molar-refractivity contribution is 5.25. The zero-order valence-corrected chi connectivity index (χ0v) is 10.3. The zero-order valence-electron chi connectivity index (χ0n) is 10.3. The first kappa shape index (κ1) is 11.6. The lowest BCUT2D eigenvalue weighted by atomic mass is 9.72. The molecule has 0 aromatic rings.